The van der Waals surface area contributed by atoms with E-state index >= 15 is 0 Å². The lowest BCUT2D eigenvalue weighted by atomic mass is 10.0. The SMILES string of the molecule is c1ccc(-c2cccc(-c3ccc(-c4ccc(-c5ccc(-c6cccc(-c7ccccc7)n6)nc5)cc4)cn3)n2)cc1. The average Bonchev–Trinajstić information content (AvgIpc) is 3.09. The first kappa shape index (κ1) is 25.2. The van der Waals surface area contributed by atoms with Crippen LogP contribution in [0.25, 0.3) is 67.5 Å². The first-order valence-corrected chi connectivity index (χ1v) is 13.9. The molecule has 0 saturated carbocycles. The van der Waals surface area contributed by atoms with Crippen molar-refractivity contribution in [1.29, 1.82) is 0 Å². The minimum atomic E-state index is 0.850. The molecule has 4 heteroatoms. The summed E-state index contributed by atoms with van der Waals surface area (Å²) in [5.41, 5.74) is 11.8. The van der Waals surface area contributed by atoms with Crippen LogP contribution in [0.5, 0.6) is 0 Å². The summed E-state index contributed by atoms with van der Waals surface area (Å²) in [6, 6.07) is 49.3. The van der Waals surface area contributed by atoms with Gasteiger partial charge in [0.2, 0.25) is 0 Å². The number of hydrogen-bond acceptors (Lipinski definition) is 4. The fourth-order valence-electron chi connectivity index (χ4n) is 4.98. The van der Waals surface area contributed by atoms with E-state index in [0.717, 1.165) is 67.5 Å². The monoisotopic (exact) mass is 538 g/mol. The maximum Gasteiger partial charge on any atom is 0.0893 e. The van der Waals surface area contributed by atoms with E-state index in [1.807, 2.05) is 97.3 Å². The zero-order valence-corrected chi connectivity index (χ0v) is 22.8. The summed E-state index contributed by atoms with van der Waals surface area (Å²) >= 11 is 0. The van der Waals surface area contributed by atoms with E-state index in [2.05, 4.69) is 60.7 Å². The maximum atomic E-state index is 4.83. The second-order valence-corrected chi connectivity index (χ2v) is 9.99. The largest absolute Gasteiger partial charge is 0.254 e. The van der Waals surface area contributed by atoms with Crippen LogP contribution < -0.4 is 0 Å². The Labute approximate surface area is 245 Å². The molecule has 3 aromatic carbocycles. The zero-order chi connectivity index (χ0) is 28.1. The fourth-order valence-corrected chi connectivity index (χ4v) is 4.98. The summed E-state index contributed by atoms with van der Waals surface area (Å²) < 4.78 is 0. The molecule has 0 amide bonds. The Balaban J connectivity index is 1.07. The van der Waals surface area contributed by atoms with Crippen molar-refractivity contribution in [3.63, 3.8) is 0 Å². The van der Waals surface area contributed by atoms with E-state index < -0.39 is 0 Å². The van der Waals surface area contributed by atoms with Gasteiger partial charge >= 0.3 is 0 Å². The highest BCUT2D eigenvalue weighted by atomic mass is 14.8. The molecule has 0 saturated heterocycles. The Bertz CT molecular complexity index is 1790. The molecule has 42 heavy (non-hydrogen) atoms. The van der Waals surface area contributed by atoms with E-state index in [4.69, 9.17) is 19.9 Å². The number of hydrogen-bond donors (Lipinski definition) is 0. The molecule has 0 radical (unpaired) electrons. The molecule has 0 aliphatic carbocycles. The van der Waals surface area contributed by atoms with E-state index in [1.54, 1.807) is 0 Å². The predicted octanol–water partition coefficient (Wildman–Crippen LogP) is 9.27. The molecule has 0 unspecified atom stereocenters. The van der Waals surface area contributed by atoms with Crippen molar-refractivity contribution in [3.8, 4) is 67.5 Å². The summed E-state index contributed by atoms with van der Waals surface area (Å²) in [5, 5.41) is 0. The number of nitrogens with zero attached hydrogens (tertiary/aromatic N) is 4. The molecular weight excluding hydrogens is 512 g/mol. The molecule has 7 rings (SSSR count). The van der Waals surface area contributed by atoms with Gasteiger partial charge in [0.15, 0.2) is 0 Å². The van der Waals surface area contributed by atoms with Crippen LogP contribution in [0.3, 0.4) is 0 Å². The Hall–Kier alpha value is -5.74. The quantitative estimate of drug-likeness (QED) is 0.212. The molecule has 0 spiro atoms. The highest BCUT2D eigenvalue weighted by molar-refractivity contribution is 5.72. The minimum absolute atomic E-state index is 0.850. The minimum Gasteiger partial charge on any atom is -0.254 e. The van der Waals surface area contributed by atoms with Crippen LogP contribution in [0.2, 0.25) is 0 Å². The number of rotatable bonds is 6. The molecule has 4 nitrogen and oxygen atoms in total. The molecule has 0 bridgehead atoms. The third kappa shape index (κ3) is 5.34. The van der Waals surface area contributed by atoms with Gasteiger partial charge in [0.1, 0.15) is 0 Å². The van der Waals surface area contributed by atoms with Crippen LogP contribution in [0.4, 0.5) is 0 Å². The van der Waals surface area contributed by atoms with Gasteiger partial charge in [-0.3, -0.25) is 9.97 Å². The van der Waals surface area contributed by atoms with E-state index in [9.17, 15) is 0 Å². The van der Waals surface area contributed by atoms with Gasteiger partial charge in [-0.1, -0.05) is 109 Å². The summed E-state index contributed by atoms with van der Waals surface area (Å²) in [5.74, 6) is 0. The van der Waals surface area contributed by atoms with Gasteiger partial charge in [0, 0.05) is 34.6 Å². The summed E-state index contributed by atoms with van der Waals surface area (Å²) in [6.07, 6.45) is 3.82. The highest BCUT2D eigenvalue weighted by Gasteiger charge is 2.08. The standard InChI is InChI=1S/C38H26N4/c1-3-9-29(10-4-1)33-13-7-15-37(41-33)35-23-21-31(25-39-35)27-17-19-28(20-18-27)32-22-24-36(40-26-32)38-16-8-14-34(42-38)30-11-5-2-6-12-30/h1-26H. The number of aromatic nitrogens is 4. The second-order valence-electron chi connectivity index (χ2n) is 9.99. The van der Waals surface area contributed by atoms with Crippen LogP contribution >= 0.6 is 0 Å². The van der Waals surface area contributed by atoms with Crippen molar-refractivity contribution in [3.05, 3.63) is 158 Å². The lowest BCUT2D eigenvalue weighted by Gasteiger charge is -2.08. The Kier molecular flexibility index (Phi) is 6.85. The van der Waals surface area contributed by atoms with Crippen molar-refractivity contribution >= 4 is 0 Å². The second kappa shape index (κ2) is 11.4. The molecule has 0 aliphatic rings. The Morgan fingerprint density at radius 2 is 0.619 bits per heavy atom. The average molecular weight is 539 g/mol. The summed E-state index contributed by atoms with van der Waals surface area (Å²) in [4.78, 5) is 19.1. The van der Waals surface area contributed by atoms with E-state index in [-0.39, 0.29) is 0 Å². The molecule has 198 valence electrons. The highest BCUT2D eigenvalue weighted by Crippen LogP contribution is 2.28. The van der Waals surface area contributed by atoms with Gasteiger partial charge < -0.3 is 0 Å². The molecular formula is C38H26N4. The van der Waals surface area contributed by atoms with Crippen molar-refractivity contribution < 1.29 is 0 Å². The summed E-state index contributed by atoms with van der Waals surface area (Å²) in [7, 11) is 0. The van der Waals surface area contributed by atoms with Crippen LogP contribution in [-0.4, -0.2) is 19.9 Å². The Morgan fingerprint density at radius 1 is 0.238 bits per heavy atom. The van der Waals surface area contributed by atoms with Gasteiger partial charge in [0.25, 0.3) is 0 Å². The van der Waals surface area contributed by atoms with Crippen molar-refractivity contribution in [2.24, 2.45) is 0 Å². The third-order valence-corrected chi connectivity index (χ3v) is 7.24. The number of benzene rings is 3. The lowest BCUT2D eigenvalue weighted by Crippen LogP contribution is -1.91. The van der Waals surface area contributed by atoms with E-state index in [0.29, 0.717) is 0 Å². The van der Waals surface area contributed by atoms with Crippen LogP contribution in [0, 0.1) is 0 Å². The van der Waals surface area contributed by atoms with Crippen molar-refractivity contribution in [2.75, 3.05) is 0 Å². The molecule has 0 N–H and O–H groups in total. The van der Waals surface area contributed by atoms with Crippen LogP contribution in [-0.2, 0) is 0 Å². The molecule has 4 aromatic heterocycles. The van der Waals surface area contributed by atoms with Gasteiger partial charge in [-0.05, 0) is 47.5 Å². The van der Waals surface area contributed by atoms with Gasteiger partial charge in [-0.15, -0.1) is 0 Å². The molecule has 0 fully saturated rings. The van der Waals surface area contributed by atoms with Gasteiger partial charge in [-0.25, -0.2) is 9.97 Å². The van der Waals surface area contributed by atoms with Gasteiger partial charge in [0.05, 0.1) is 34.2 Å². The van der Waals surface area contributed by atoms with Gasteiger partial charge in [-0.2, -0.15) is 0 Å². The predicted molar refractivity (Wildman–Crippen MR) is 170 cm³/mol. The van der Waals surface area contributed by atoms with Crippen LogP contribution in [0.15, 0.2) is 158 Å². The zero-order valence-electron chi connectivity index (χ0n) is 22.8. The molecule has 4 heterocycles. The molecule has 0 atom stereocenters. The topological polar surface area (TPSA) is 51.6 Å². The maximum absolute atomic E-state index is 4.83. The molecule has 7 aromatic rings. The van der Waals surface area contributed by atoms with Crippen molar-refractivity contribution in [1.82, 2.24) is 19.9 Å². The Morgan fingerprint density at radius 3 is 1.00 bits per heavy atom. The van der Waals surface area contributed by atoms with Crippen LogP contribution in [0.1, 0.15) is 0 Å². The van der Waals surface area contributed by atoms with Crippen molar-refractivity contribution in [2.45, 2.75) is 0 Å². The smallest absolute Gasteiger partial charge is 0.0893 e. The molecule has 0 aliphatic heterocycles. The first-order valence-electron chi connectivity index (χ1n) is 13.9. The lowest BCUT2D eigenvalue weighted by molar-refractivity contribution is 1.25. The fraction of sp³-hybridized carbons (Fsp3) is 0. The normalized spacial score (nSPS) is 10.9. The summed E-state index contributed by atoms with van der Waals surface area (Å²) in [6.45, 7) is 0. The number of pyridine rings is 4. The third-order valence-electron chi connectivity index (χ3n) is 7.24. The first-order chi connectivity index (χ1) is 20.8. The van der Waals surface area contributed by atoms with E-state index in [1.165, 1.54) is 0 Å².